The molecule has 1 atom stereocenters. The molecule has 0 bridgehead atoms. The summed E-state index contributed by atoms with van der Waals surface area (Å²) in [6.07, 6.45) is 5.81. The Morgan fingerprint density at radius 2 is 2.03 bits per heavy atom. The normalized spacial score (nSPS) is 16.0. The van der Waals surface area contributed by atoms with Crippen molar-refractivity contribution in [3.05, 3.63) is 83.4 Å². The van der Waals surface area contributed by atoms with Gasteiger partial charge in [0.1, 0.15) is 5.82 Å². The summed E-state index contributed by atoms with van der Waals surface area (Å²) in [7, 11) is 1.81. The van der Waals surface area contributed by atoms with Crippen LogP contribution in [0.3, 0.4) is 0 Å². The molecule has 0 aliphatic carbocycles. The van der Waals surface area contributed by atoms with Gasteiger partial charge in [-0.3, -0.25) is 4.99 Å². The maximum atomic E-state index is 6.14. The lowest BCUT2D eigenvalue weighted by Gasteiger charge is -2.20. The third-order valence-electron chi connectivity index (χ3n) is 5.56. The number of rotatable bonds is 7. The Kier molecular flexibility index (Phi) is 9.23. The van der Waals surface area contributed by atoms with Gasteiger partial charge in [-0.25, -0.2) is 4.98 Å². The van der Waals surface area contributed by atoms with Crippen LogP contribution >= 0.6 is 35.6 Å². The van der Waals surface area contributed by atoms with E-state index in [2.05, 4.69) is 60.4 Å². The van der Waals surface area contributed by atoms with Gasteiger partial charge in [-0.1, -0.05) is 48.0 Å². The number of guanidine groups is 1. The zero-order valence-corrected chi connectivity index (χ0v) is 21.3. The summed E-state index contributed by atoms with van der Waals surface area (Å²) >= 11 is 6.14. The number of hydrogen-bond donors (Lipinski definition) is 2. The second-order valence-electron chi connectivity index (χ2n) is 7.76. The molecule has 1 aromatic heterocycles. The van der Waals surface area contributed by atoms with Gasteiger partial charge >= 0.3 is 0 Å². The first-order chi connectivity index (χ1) is 15.2. The Morgan fingerprint density at radius 1 is 1.19 bits per heavy atom. The summed E-state index contributed by atoms with van der Waals surface area (Å²) < 4.78 is 2.20. The van der Waals surface area contributed by atoms with Gasteiger partial charge in [0.05, 0.1) is 0 Å². The van der Waals surface area contributed by atoms with Crippen molar-refractivity contribution in [2.75, 3.05) is 31.6 Å². The molecule has 8 heteroatoms. The van der Waals surface area contributed by atoms with E-state index in [1.807, 2.05) is 43.7 Å². The number of hydrogen-bond acceptors (Lipinski definition) is 3. The molecule has 6 nitrogen and oxygen atoms in total. The molecule has 0 amide bonds. The van der Waals surface area contributed by atoms with Crippen molar-refractivity contribution in [1.82, 2.24) is 20.2 Å². The fourth-order valence-corrected chi connectivity index (χ4v) is 4.14. The largest absolute Gasteiger partial charge is 0.369 e. The van der Waals surface area contributed by atoms with Crippen molar-refractivity contribution < 1.29 is 0 Å². The van der Waals surface area contributed by atoms with E-state index in [-0.39, 0.29) is 24.0 Å². The summed E-state index contributed by atoms with van der Waals surface area (Å²) in [5.74, 6) is 1.90. The highest BCUT2D eigenvalue weighted by Gasteiger charge is 2.23. The summed E-state index contributed by atoms with van der Waals surface area (Å²) in [4.78, 5) is 11.3. The number of nitrogens with one attached hydrogen (secondary N) is 2. The van der Waals surface area contributed by atoms with E-state index in [1.165, 1.54) is 11.3 Å². The quantitative estimate of drug-likeness (QED) is 0.257. The van der Waals surface area contributed by atoms with Crippen LogP contribution in [0.4, 0.5) is 5.69 Å². The van der Waals surface area contributed by atoms with Crippen LogP contribution in [0.15, 0.2) is 72.0 Å². The maximum Gasteiger partial charge on any atom is 0.191 e. The van der Waals surface area contributed by atoms with Crippen molar-refractivity contribution in [2.45, 2.75) is 25.4 Å². The zero-order chi connectivity index (χ0) is 21.5. The molecule has 1 aliphatic heterocycles. The minimum absolute atomic E-state index is 0. The molecule has 4 rings (SSSR count). The molecule has 2 aromatic carbocycles. The Morgan fingerprint density at radius 3 is 2.81 bits per heavy atom. The molecule has 1 unspecified atom stereocenters. The molecular weight excluding hydrogens is 535 g/mol. The number of imidazole rings is 1. The monoisotopic (exact) mass is 564 g/mol. The second-order valence-corrected chi connectivity index (χ2v) is 8.20. The molecular formula is C24H30ClIN6. The van der Waals surface area contributed by atoms with Crippen LogP contribution < -0.4 is 15.5 Å². The lowest BCUT2D eigenvalue weighted by molar-refractivity contribution is 0.641. The lowest BCUT2D eigenvalue weighted by atomic mass is 10.2. The van der Waals surface area contributed by atoms with Crippen LogP contribution in [0.5, 0.6) is 0 Å². The smallest absolute Gasteiger partial charge is 0.191 e. The van der Waals surface area contributed by atoms with Crippen LogP contribution in [0.2, 0.25) is 5.02 Å². The van der Waals surface area contributed by atoms with E-state index >= 15 is 0 Å². The molecule has 0 spiro atoms. The molecule has 170 valence electrons. The van der Waals surface area contributed by atoms with Crippen molar-refractivity contribution in [3.8, 4) is 0 Å². The first-order valence-corrected chi connectivity index (χ1v) is 11.1. The van der Waals surface area contributed by atoms with Gasteiger partial charge < -0.3 is 20.1 Å². The molecule has 1 fully saturated rings. The number of nitrogens with zero attached hydrogens (tertiary/aromatic N) is 4. The van der Waals surface area contributed by atoms with Crippen LogP contribution in [0.25, 0.3) is 0 Å². The predicted octanol–water partition coefficient (Wildman–Crippen LogP) is 4.19. The molecule has 2 N–H and O–H groups in total. The Bertz CT molecular complexity index is 1010. The number of aromatic nitrogens is 2. The van der Waals surface area contributed by atoms with Gasteiger partial charge in [0.15, 0.2) is 5.96 Å². The fraction of sp³-hybridized carbons (Fsp3) is 0.333. The maximum absolute atomic E-state index is 6.14. The van der Waals surface area contributed by atoms with Crippen LogP contribution in [0, 0.1) is 0 Å². The predicted molar refractivity (Wildman–Crippen MR) is 143 cm³/mol. The Hall–Kier alpha value is -2.26. The molecule has 1 saturated heterocycles. The summed E-state index contributed by atoms with van der Waals surface area (Å²) in [5.41, 5.74) is 2.45. The summed E-state index contributed by atoms with van der Waals surface area (Å²) in [6, 6.07) is 18.9. The number of halogens is 2. The Balaban J connectivity index is 0.00000289. The molecule has 0 radical (unpaired) electrons. The highest BCUT2D eigenvalue weighted by molar-refractivity contribution is 14.0. The van der Waals surface area contributed by atoms with Gasteiger partial charge in [-0.15, -0.1) is 24.0 Å². The average Bonchev–Trinajstić information content (AvgIpc) is 3.43. The van der Waals surface area contributed by atoms with E-state index in [1.54, 1.807) is 0 Å². The van der Waals surface area contributed by atoms with Gasteiger partial charge in [0.2, 0.25) is 0 Å². The van der Waals surface area contributed by atoms with Crippen molar-refractivity contribution in [1.29, 1.82) is 0 Å². The fourth-order valence-electron chi connectivity index (χ4n) is 3.96. The molecule has 1 aliphatic rings. The average molecular weight is 565 g/mol. The number of anilines is 1. The molecule has 32 heavy (non-hydrogen) atoms. The van der Waals surface area contributed by atoms with Crippen LogP contribution in [-0.2, 0) is 13.0 Å². The van der Waals surface area contributed by atoms with Crippen molar-refractivity contribution in [2.24, 2.45) is 4.99 Å². The van der Waals surface area contributed by atoms with E-state index < -0.39 is 0 Å². The minimum atomic E-state index is 0. The third-order valence-corrected chi connectivity index (χ3v) is 5.80. The standard InChI is InChI=1S/C24H29ClN6.HI/c1-26-24(29-21-11-14-30(18-21)22-9-5-8-20(25)16-22)28-12-10-23-27-13-15-31(23)17-19-6-3-2-4-7-19;/h2-9,13,15-16,21H,10-12,14,17-18H2,1H3,(H2,26,28,29);1H. The topological polar surface area (TPSA) is 57.5 Å². The van der Waals surface area contributed by atoms with Gasteiger partial charge in [0, 0.05) is 68.8 Å². The van der Waals surface area contributed by atoms with E-state index in [4.69, 9.17) is 11.6 Å². The first-order valence-electron chi connectivity index (χ1n) is 10.7. The Labute approximate surface area is 212 Å². The van der Waals surface area contributed by atoms with E-state index in [0.717, 1.165) is 55.8 Å². The summed E-state index contributed by atoms with van der Waals surface area (Å²) in [5, 5.41) is 7.76. The molecule has 3 aromatic rings. The molecule has 0 saturated carbocycles. The zero-order valence-electron chi connectivity index (χ0n) is 18.2. The highest BCUT2D eigenvalue weighted by Crippen LogP contribution is 2.23. The molecule has 2 heterocycles. The third kappa shape index (κ3) is 6.62. The van der Waals surface area contributed by atoms with Crippen LogP contribution in [-0.4, -0.2) is 48.2 Å². The van der Waals surface area contributed by atoms with Gasteiger partial charge in [-0.05, 0) is 30.2 Å². The lowest BCUT2D eigenvalue weighted by Crippen LogP contribution is -2.45. The van der Waals surface area contributed by atoms with E-state index in [9.17, 15) is 0 Å². The minimum Gasteiger partial charge on any atom is -0.369 e. The van der Waals surface area contributed by atoms with E-state index in [0.29, 0.717) is 6.04 Å². The SMILES string of the molecule is CN=C(NCCc1nccn1Cc1ccccc1)NC1CCN(c2cccc(Cl)c2)C1.I. The van der Waals surface area contributed by atoms with Crippen molar-refractivity contribution >= 4 is 47.2 Å². The summed E-state index contributed by atoms with van der Waals surface area (Å²) in [6.45, 7) is 3.55. The van der Waals surface area contributed by atoms with Crippen LogP contribution in [0.1, 0.15) is 17.8 Å². The number of aliphatic imine (C=N–C) groups is 1. The number of benzene rings is 2. The first kappa shape index (κ1) is 24.4. The highest BCUT2D eigenvalue weighted by atomic mass is 127. The van der Waals surface area contributed by atoms with Crippen molar-refractivity contribution in [3.63, 3.8) is 0 Å². The van der Waals surface area contributed by atoms with Gasteiger partial charge in [-0.2, -0.15) is 0 Å². The van der Waals surface area contributed by atoms with Gasteiger partial charge in [0.25, 0.3) is 0 Å². The second kappa shape index (κ2) is 12.1.